The standard InChI is InChI=1S/C12H11N3OS3/c1-7-6-18-12(13-7)19-8(2)11-14-10(15-16-11)9-4-3-5-17-9/h3-6,8H,1-2H3/t8-/m0/s1. The molecule has 0 saturated carbocycles. The van der Waals surface area contributed by atoms with E-state index < -0.39 is 0 Å². The Balaban J connectivity index is 1.75. The molecule has 0 aromatic carbocycles. The summed E-state index contributed by atoms with van der Waals surface area (Å²) in [6.07, 6.45) is 0. The van der Waals surface area contributed by atoms with Crippen LogP contribution in [0.2, 0.25) is 0 Å². The summed E-state index contributed by atoms with van der Waals surface area (Å²) < 4.78 is 6.36. The van der Waals surface area contributed by atoms with Gasteiger partial charge in [-0.25, -0.2) is 4.98 Å². The van der Waals surface area contributed by atoms with Crippen molar-refractivity contribution >= 4 is 34.4 Å². The van der Waals surface area contributed by atoms with Crippen LogP contribution in [-0.2, 0) is 0 Å². The summed E-state index contributed by atoms with van der Waals surface area (Å²) >= 11 is 4.89. The maximum Gasteiger partial charge on any atom is 0.240 e. The molecule has 1 atom stereocenters. The van der Waals surface area contributed by atoms with Crippen LogP contribution < -0.4 is 0 Å². The van der Waals surface area contributed by atoms with Gasteiger partial charge < -0.3 is 4.52 Å². The van der Waals surface area contributed by atoms with Crippen LogP contribution in [0.25, 0.3) is 10.7 Å². The maximum atomic E-state index is 5.33. The molecule has 3 aromatic rings. The molecule has 7 heteroatoms. The highest BCUT2D eigenvalue weighted by molar-refractivity contribution is 8.01. The molecule has 4 nitrogen and oxygen atoms in total. The van der Waals surface area contributed by atoms with E-state index in [9.17, 15) is 0 Å². The zero-order chi connectivity index (χ0) is 13.2. The highest BCUT2D eigenvalue weighted by atomic mass is 32.2. The molecule has 3 aromatic heterocycles. The van der Waals surface area contributed by atoms with Gasteiger partial charge in [-0.05, 0) is 25.3 Å². The van der Waals surface area contributed by atoms with Gasteiger partial charge in [0.2, 0.25) is 11.7 Å². The molecule has 98 valence electrons. The summed E-state index contributed by atoms with van der Waals surface area (Å²) in [5.74, 6) is 1.30. The van der Waals surface area contributed by atoms with E-state index in [2.05, 4.69) is 15.1 Å². The van der Waals surface area contributed by atoms with Gasteiger partial charge in [0.05, 0.1) is 10.1 Å². The van der Waals surface area contributed by atoms with Crippen molar-refractivity contribution in [2.24, 2.45) is 0 Å². The molecule has 0 spiro atoms. The van der Waals surface area contributed by atoms with Gasteiger partial charge in [0.25, 0.3) is 0 Å². The first-order valence-corrected chi connectivity index (χ1v) is 8.32. The van der Waals surface area contributed by atoms with E-state index >= 15 is 0 Å². The predicted molar refractivity (Wildman–Crippen MR) is 78.7 cm³/mol. The second-order valence-electron chi connectivity index (χ2n) is 3.95. The number of rotatable bonds is 4. The van der Waals surface area contributed by atoms with Crippen LogP contribution in [0.3, 0.4) is 0 Å². The lowest BCUT2D eigenvalue weighted by atomic mass is 10.4. The van der Waals surface area contributed by atoms with Crippen molar-refractivity contribution in [2.75, 3.05) is 0 Å². The number of thiazole rings is 1. The van der Waals surface area contributed by atoms with Gasteiger partial charge in [0.15, 0.2) is 4.34 Å². The lowest BCUT2D eigenvalue weighted by Gasteiger charge is -2.01. The maximum absolute atomic E-state index is 5.33. The largest absolute Gasteiger partial charge is 0.338 e. The summed E-state index contributed by atoms with van der Waals surface area (Å²) in [6, 6.07) is 3.97. The average molecular weight is 309 g/mol. The summed E-state index contributed by atoms with van der Waals surface area (Å²) in [4.78, 5) is 9.90. The Hall–Kier alpha value is -1.18. The van der Waals surface area contributed by atoms with Crippen LogP contribution in [0.1, 0.15) is 23.8 Å². The minimum absolute atomic E-state index is 0.103. The molecule has 3 heterocycles. The molecule has 0 saturated heterocycles. The molecule has 0 N–H and O–H groups in total. The monoisotopic (exact) mass is 309 g/mol. The van der Waals surface area contributed by atoms with Gasteiger partial charge in [-0.2, -0.15) is 4.98 Å². The average Bonchev–Trinajstić information content (AvgIpc) is 3.08. The van der Waals surface area contributed by atoms with Crippen LogP contribution >= 0.6 is 34.4 Å². The molecular formula is C12H11N3OS3. The Bertz CT molecular complexity index is 659. The Kier molecular flexibility index (Phi) is 3.67. The Morgan fingerprint density at radius 3 is 2.89 bits per heavy atom. The van der Waals surface area contributed by atoms with E-state index in [0.717, 1.165) is 14.9 Å². The third kappa shape index (κ3) is 2.88. The first kappa shape index (κ1) is 12.8. The first-order valence-electron chi connectivity index (χ1n) is 5.68. The van der Waals surface area contributed by atoms with E-state index in [1.165, 1.54) is 0 Å². The summed E-state index contributed by atoms with van der Waals surface area (Å²) in [6.45, 7) is 4.04. The molecule has 0 aliphatic carbocycles. The second kappa shape index (κ2) is 5.44. The van der Waals surface area contributed by atoms with E-state index in [0.29, 0.717) is 11.7 Å². The number of hydrogen-bond donors (Lipinski definition) is 0. The number of hydrogen-bond acceptors (Lipinski definition) is 7. The Labute approximate surface area is 122 Å². The third-order valence-electron chi connectivity index (χ3n) is 2.41. The summed E-state index contributed by atoms with van der Waals surface area (Å²) in [7, 11) is 0. The van der Waals surface area contributed by atoms with Crippen LogP contribution in [-0.4, -0.2) is 15.1 Å². The number of aryl methyl sites for hydroxylation is 1. The van der Waals surface area contributed by atoms with Gasteiger partial charge in [0.1, 0.15) is 0 Å². The van der Waals surface area contributed by atoms with Crippen LogP contribution in [0.15, 0.2) is 31.8 Å². The normalized spacial score (nSPS) is 12.7. The van der Waals surface area contributed by atoms with Crippen molar-refractivity contribution in [3.8, 4) is 10.7 Å². The molecule has 0 fully saturated rings. The highest BCUT2D eigenvalue weighted by Gasteiger charge is 2.18. The zero-order valence-electron chi connectivity index (χ0n) is 10.4. The topological polar surface area (TPSA) is 51.8 Å². The van der Waals surface area contributed by atoms with Crippen molar-refractivity contribution < 1.29 is 4.52 Å². The fourth-order valence-corrected chi connectivity index (χ4v) is 4.16. The quantitative estimate of drug-likeness (QED) is 0.668. The number of thioether (sulfide) groups is 1. The second-order valence-corrected chi connectivity index (χ2v) is 7.34. The minimum Gasteiger partial charge on any atom is -0.338 e. The SMILES string of the molecule is Cc1csc(S[C@@H](C)c2nc(-c3cccs3)no2)n1. The number of thiophene rings is 1. The molecule has 0 aliphatic heterocycles. The van der Waals surface area contributed by atoms with Crippen molar-refractivity contribution in [1.29, 1.82) is 0 Å². The third-order valence-corrected chi connectivity index (χ3v) is 5.45. The van der Waals surface area contributed by atoms with Crippen LogP contribution in [0, 0.1) is 6.92 Å². The molecule has 0 amide bonds. The summed E-state index contributed by atoms with van der Waals surface area (Å²) in [5.41, 5.74) is 1.05. The Morgan fingerprint density at radius 2 is 2.21 bits per heavy atom. The van der Waals surface area contributed by atoms with Gasteiger partial charge in [-0.3, -0.25) is 0 Å². The van der Waals surface area contributed by atoms with Gasteiger partial charge in [0, 0.05) is 11.1 Å². The number of nitrogens with zero attached hydrogens (tertiary/aromatic N) is 3. The fourth-order valence-electron chi connectivity index (χ4n) is 1.49. The lowest BCUT2D eigenvalue weighted by Crippen LogP contribution is -1.88. The Morgan fingerprint density at radius 1 is 1.32 bits per heavy atom. The van der Waals surface area contributed by atoms with E-state index in [1.54, 1.807) is 34.4 Å². The van der Waals surface area contributed by atoms with Crippen LogP contribution in [0.4, 0.5) is 0 Å². The molecule has 0 bridgehead atoms. The molecule has 0 radical (unpaired) electrons. The number of aromatic nitrogens is 3. The minimum atomic E-state index is 0.103. The lowest BCUT2D eigenvalue weighted by molar-refractivity contribution is 0.381. The van der Waals surface area contributed by atoms with Gasteiger partial charge in [-0.1, -0.05) is 23.0 Å². The van der Waals surface area contributed by atoms with Gasteiger partial charge >= 0.3 is 0 Å². The molecule has 0 unspecified atom stereocenters. The first-order chi connectivity index (χ1) is 9.22. The van der Waals surface area contributed by atoms with E-state index in [-0.39, 0.29) is 5.25 Å². The van der Waals surface area contributed by atoms with Crippen molar-refractivity contribution in [1.82, 2.24) is 15.1 Å². The predicted octanol–water partition coefficient (Wildman–Crippen LogP) is 4.42. The molecule has 19 heavy (non-hydrogen) atoms. The van der Waals surface area contributed by atoms with Crippen LogP contribution in [0.5, 0.6) is 0 Å². The zero-order valence-corrected chi connectivity index (χ0v) is 12.8. The molecule has 0 aliphatic rings. The summed E-state index contributed by atoms with van der Waals surface area (Å²) in [5, 5.41) is 8.17. The van der Waals surface area contributed by atoms with Gasteiger partial charge in [-0.15, -0.1) is 22.7 Å². The van der Waals surface area contributed by atoms with Crippen molar-refractivity contribution in [2.45, 2.75) is 23.4 Å². The highest BCUT2D eigenvalue weighted by Crippen LogP contribution is 2.36. The smallest absolute Gasteiger partial charge is 0.240 e. The van der Waals surface area contributed by atoms with E-state index in [1.807, 2.05) is 36.7 Å². The molecular weight excluding hydrogens is 298 g/mol. The van der Waals surface area contributed by atoms with Crippen molar-refractivity contribution in [3.05, 3.63) is 34.5 Å². The van der Waals surface area contributed by atoms with Crippen molar-refractivity contribution in [3.63, 3.8) is 0 Å². The van der Waals surface area contributed by atoms with E-state index in [4.69, 9.17) is 4.52 Å². The molecule has 3 rings (SSSR count). The fraction of sp³-hybridized carbons (Fsp3) is 0.250.